The number of hydrogen-bond donors (Lipinski definition) is 0. The number of nitrogens with zero attached hydrogens (tertiary/aromatic N) is 2. The summed E-state index contributed by atoms with van der Waals surface area (Å²) in [7, 11) is 1.67. The highest BCUT2D eigenvalue weighted by Crippen LogP contribution is 2.28. The number of carbonyl (C=O) groups is 1. The molecule has 0 bridgehead atoms. The van der Waals surface area contributed by atoms with Crippen molar-refractivity contribution in [3.05, 3.63) is 53.2 Å². The lowest BCUT2D eigenvalue weighted by molar-refractivity contribution is 0.0726. The number of ether oxygens (including phenoxy) is 2. The van der Waals surface area contributed by atoms with Gasteiger partial charge in [-0.2, -0.15) is 11.8 Å². The van der Waals surface area contributed by atoms with E-state index in [0.29, 0.717) is 24.5 Å². The zero-order chi connectivity index (χ0) is 17.9. The molecule has 2 aliphatic rings. The molecule has 1 atom stereocenters. The van der Waals surface area contributed by atoms with E-state index < -0.39 is 0 Å². The van der Waals surface area contributed by atoms with Gasteiger partial charge in [0.1, 0.15) is 17.4 Å². The van der Waals surface area contributed by atoms with Gasteiger partial charge in [0.05, 0.1) is 7.11 Å². The summed E-state index contributed by atoms with van der Waals surface area (Å²) in [5, 5.41) is 0. The Balaban J connectivity index is 1.52. The topological polar surface area (TPSA) is 51.7 Å². The van der Waals surface area contributed by atoms with Crippen LogP contribution in [0.5, 0.6) is 11.6 Å². The van der Waals surface area contributed by atoms with Gasteiger partial charge < -0.3 is 14.4 Å². The zero-order valence-electron chi connectivity index (χ0n) is 14.8. The second-order valence-electron chi connectivity index (χ2n) is 6.57. The number of carbonyl (C=O) groups excluding carboxylic acids is 1. The van der Waals surface area contributed by atoms with Crippen molar-refractivity contribution < 1.29 is 14.3 Å². The number of aromatic nitrogens is 1. The minimum atomic E-state index is -0.0137. The van der Waals surface area contributed by atoms with Crippen molar-refractivity contribution in [2.75, 3.05) is 25.2 Å². The molecule has 0 saturated carbocycles. The third kappa shape index (κ3) is 3.51. The molecule has 2 aromatic rings. The van der Waals surface area contributed by atoms with Crippen LogP contribution in [0, 0.1) is 0 Å². The molecule has 4 rings (SSSR count). The summed E-state index contributed by atoms with van der Waals surface area (Å²) in [5.41, 5.74) is 2.98. The summed E-state index contributed by atoms with van der Waals surface area (Å²) in [4.78, 5) is 19.3. The molecular formula is C20H22N2O3S. The largest absolute Gasteiger partial charge is 0.497 e. The summed E-state index contributed by atoms with van der Waals surface area (Å²) < 4.78 is 11.3. The van der Waals surface area contributed by atoms with Crippen LogP contribution in [0.1, 0.15) is 27.9 Å². The molecule has 1 fully saturated rings. The van der Waals surface area contributed by atoms with Crippen molar-refractivity contribution in [3.8, 4) is 11.6 Å². The van der Waals surface area contributed by atoms with Gasteiger partial charge >= 0.3 is 0 Å². The Kier molecular flexibility index (Phi) is 5.02. The molecule has 26 heavy (non-hydrogen) atoms. The Morgan fingerprint density at radius 3 is 3.04 bits per heavy atom. The molecule has 3 heterocycles. The molecule has 1 saturated heterocycles. The molecule has 0 spiro atoms. The second kappa shape index (κ2) is 7.58. The minimum absolute atomic E-state index is 0.0137. The van der Waals surface area contributed by atoms with E-state index in [2.05, 4.69) is 11.1 Å². The Morgan fingerprint density at radius 2 is 2.23 bits per heavy atom. The van der Waals surface area contributed by atoms with Gasteiger partial charge in [0, 0.05) is 25.0 Å². The highest BCUT2D eigenvalue weighted by molar-refractivity contribution is 7.99. The first-order chi connectivity index (χ1) is 12.7. The number of fused-ring (bicyclic) bond motifs is 1. The van der Waals surface area contributed by atoms with Crippen LogP contribution in [0.3, 0.4) is 0 Å². The lowest BCUT2D eigenvalue weighted by Gasteiger charge is -2.29. The van der Waals surface area contributed by atoms with Gasteiger partial charge in [-0.3, -0.25) is 4.79 Å². The summed E-state index contributed by atoms with van der Waals surface area (Å²) in [6.45, 7) is 1.29. The summed E-state index contributed by atoms with van der Waals surface area (Å²) >= 11 is 1.88. The number of amides is 1. The molecule has 136 valence electrons. The number of rotatable bonds is 4. The standard InChI is InChI=1S/C20H22N2O3S/c1-24-16-5-4-15-12-22(9-6-14(15)11-16)20(23)18-3-2-8-21-19(18)25-17-7-10-26-13-17/h2-5,8,11,17H,6-7,9-10,12-13H2,1H3. The summed E-state index contributed by atoms with van der Waals surface area (Å²) in [5.74, 6) is 3.38. The van der Waals surface area contributed by atoms with Crippen molar-refractivity contribution in [2.45, 2.75) is 25.5 Å². The van der Waals surface area contributed by atoms with E-state index in [1.54, 1.807) is 19.4 Å². The fraction of sp³-hybridized carbons (Fsp3) is 0.400. The fourth-order valence-electron chi connectivity index (χ4n) is 3.41. The molecule has 1 amide bonds. The first kappa shape index (κ1) is 17.2. The zero-order valence-corrected chi connectivity index (χ0v) is 15.6. The molecule has 0 aliphatic carbocycles. The average molecular weight is 370 g/mol. The van der Waals surface area contributed by atoms with Crippen molar-refractivity contribution in [1.29, 1.82) is 0 Å². The maximum absolute atomic E-state index is 13.1. The van der Waals surface area contributed by atoms with E-state index in [-0.39, 0.29) is 12.0 Å². The number of hydrogen-bond acceptors (Lipinski definition) is 5. The predicted molar refractivity (Wildman–Crippen MR) is 102 cm³/mol. The molecule has 1 aromatic carbocycles. The third-order valence-electron chi connectivity index (χ3n) is 4.88. The maximum atomic E-state index is 13.1. The number of methoxy groups -OCH3 is 1. The Bertz CT molecular complexity index is 805. The minimum Gasteiger partial charge on any atom is -0.497 e. The Labute approximate surface area is 157 Å². The van der Waals surface area contributed by atoms with E-state index in [4.69, 9.17) is 9.47 Å². The maximum Gasteiger partial charge on any atom is 0.259 e. The monoisotopic (exact) mass is 370 g/mol. The first-order valence-corrected chi connectivity index (χ1v) is 10.0. The molecule has 6 heteroatoms. The van der Waals surface area contributed by atoms with Crippen LogP contribution in [0.2, 0.25) is 0 Å². The van der Waals surface area contributed by atoms with E-state index in [9.17, 15) is 4.79 Å². The van der Waals surface area contributed by atoms with Crippen molar-refractivity contribution in [1.82, 2.24) is 9.88 Å². The van der Waals surface area contributed by atoms with Crippen LogP contribution in [0.4, 0.5) is 0 Å². The van der Waals surface area contributed by atoms with Crippen LogP contribution >= 0.6 is 11.8 Å². The van der Waals surface area contributed by atoms with Gasteiger partial charge in [-0.15, -0.1) is 0 Å². The SMILES string of the molecule is COc1ccc2c(c1)CCN(C(=O)c1cccnc1OC1CCSC1)C2. The van der Waals surface area contributed by atoms with Crippen molar-refractivity contribution >= 4 is 17.7 Å². The number of thioether (sulfide) groups is 1. The van der Waals surface area contributed by atoms with Gasteiger partial charge in [0.25, 0.3) is 5.91 Å². The van der Waals surface area contributed by atoms with Gasteiger partial charge in [-0.25, -0.2) is 4.98 Å². The van der Waals surface area contributed by atoms with Crippen molar-refractivity contribution in [2.24, 2.45) is 0 Å². The molecule has 5 nitrogen and oxygen atoms in total. The van der Waals surface area contributed by atoms with Crippen LogP contribution in [-0.4, -0.2) is 47.1 Å². The van der Waals surface area contributed by atoms with Crippen LogP contribution in [-0.2, 0) is 13.0 Å². The second-order valence-corrected chi connectivity index (χ2v) is 7.72. The van der Waals surface area contributed by atoms with E-state index in [1.165, 1.54) is 11.1 Å². The van der Waals surface area contributed by atoms with Crippen LogP contribution in [0.15, 0.2) is 36.5 Å². The molecule has 0 radical (unpaired) electrons. The highest BCUT2D eigenvalue weighted by Gasteiger charge is 2.26. The molecule has 0 N–H and O–H groups in total. The van der Waals surface area contributed by atoms with Gasteiger partial charge in [0.15, 0.2) is 0 Å². The number of benzene rings is 1. The third-order valence-corrected chi connectivity index (χ3v) is 6.01. The normalized spacial score (nSPS) is 19.1. The van der Waals surface area contributed by atoms with E-state index in [0.717, 1.165) is 30.1 Å². The van der Waals surface area contributed by atoms with Gasteiger partial charge in [-0.05, 0) is 54.0 Å². The average Bonchev–Trinajstić information content (AvgIpc) is 3.20. The quantitative estimate of drug-likeness (QED) is 0.827. The molecule has 2 aliphatic heterocycles. The first-order valence-electron chi connectivity index (χ1n) is 8.89. The predicted octanol–water partition coefficient (Wildman–Crippen LogP) is 3.17. The molecule has 1 unspecified atom stereocenters. The lowest BCUT2D eigenvalue weighted by atomic mass is 9.99. The van der Waals surface area contributed by atoms with E-state index >= 15 is 0 Å². The van der Waals surface area contributed by atoms with Crippen molar-refractivity contribution in [3.63, 3.8) is 0 Å². The summed E-state index contributed by atoms with van der Waals surface area (Å²) in [6.07, 6.45) is 3.67. The lowest BCUT2D eigenvalue weighted by Crippen LogP contribution is -2.36. The molecule has 1 aromatic heterocycles. The smallest absolute Gasteiger partial charge is 0.259 e. The summed E-state index contributed by atoms with van der Waals surface area (Å²) in [6, 6.07) is 9.67. The number of pyridine rings is 1. The fourth-order valence-corrected chi connectivity index (χ4v) is 4.51. The Hall–Kier alpha value is -2.21. The highest BCUT2D eigenvalue weighted by atomic mass is 32.2. The van der Waals surface area contributed by atoms with Gasteiger partial charge in [0.2, 0.25) is 5.88 Å². The molecular weight excluding hydrogens is 348 g/mol. The van der Waals surface area contributed by atoms with E-state index in [1.807, 2.05) is 34.9 Å². The van der Waals surface area contributed by atoms with Gasteiger partial charge in [-0.1, -0.05) is 6.07 Å². The van der Waals surface area contributed by atoms with Crippen LogP contribution in [0.25, 0.3) is 0 Å². The Morgan fingerprint density at radius 1 is 1.31 bits per heavy atom. The van der Waals surface area contributed by atoms with Crippen LogP contribution < -0.4 is 9.47 Å².